The standard InChI is InChI=1S/C12H12O3/c1-14-12(15-2)10-6-4-3-5-9(10)7-8-11(12)13/h3-8H,1-2H3. The summed E-state index contributed by atoms with van der Waals surface area (Å²) in [7, 11) is 2.94. The van der Waals surface area contributed by atoms with Crippen molar-refractivity contribution in [3.8, 4) is 0 Å². The van der Waals surface area contributed by atoms with Crippen LogP contribution in [-0.4, -0.2) is 20.0 Å². The van der Waals surface area contributed by atoms with Crippen molar-refractivity contribution in [3.63, 3.8) is 0 Å². The van der Waals surface area contributed by atoms with Crippen LogP contribution in [0.15, 0.2) is 30.3 Å². The molecule has 3 heteroatoms. The minimum absolute atomic E-state index is 0.189. The normalized spacial score (nSPS) is 17.6. The highest BCUT2D eigenvalue weighted by Gasteiger charge is 2.42. The average Bonchev–Trinajstić information content (AvgIpc) is 2.30. The molecule has 0 saturated heterocycles. The minimum Gasteiger partial charge on any atom is -0.343 e. The lowest BCUT2D eigenvalue weighted by Gasteiger charge is -2.31. The first-order chi connectivity index (χ1) is 7.24. The maximum atomic E-state index is 11.8. The van der Waals surface area contributed by atoms with Crippen molar-refractivity contribution < 1.29 is 14.3 Å². The van der Waals surface area contributed by atoms with Crippen LogP contribution in [0.5, 0.6) is 0 Å². The van der Waals surface area contributed by atoms with Crippen LogP contribution in [0.1, 0.15) is 11.1 Å². The topological polar surface area (TPSA) is 35.5 Å². The van der Waals surface area contributed by atoms with E-state index in [1.54, 1.807) is 6.08 Å². The van der Waals surface area contributed by atoms with E-state index in [0.717, 1.165) is 11.1 Å². The fraction of sp³-hybridized carbons (Fsp3) is 0.250. The van der Waals surface area contributed by atoms with Gasteiger partial charge in [-0.1, -0.05) is 30.3 Å². The predicted octanol–water partition coefficient (Wildman–Crippen LogP) is 1.73. The number of carbonyl (C=O) groups excluding carboxylic acids is 1. The van der Waals surface area contributed by atoms with Gasteiger partial charge >= 0.3 is 0 Å². The van der Waals surface area contributed by atoms with Crippen molar-refractivity contribution in [2.24, 2.45) is 0 Å². The van der Waals surface area contributed by atoms with E-state index in [2.05, 4.69) is 0 Å². The highest BCUT2D eigenvalue weighted by atomic mass is 16.7. The highest BCUT2D eigenvalue weighted by molar-refractivity contribution is 6.02. The van der Waals surface area contributed by atoms with Crippen molar-refractivity contribution in [2.45, 2.75) is 5.79 Å². The molecule has 15 heavy (non-hydrogen) atoms. The molecule has 1 aromatic carbocycles. The molecular formula is C12H12O3. The summed E-state index contributed by atoms with van der Waals surface area (Å²) in [5, 5.41) is 0. The first-order valence-corrected chi connectivity index (χ1v) is 4.67. The fourth-order valence-corrected chi connectivity index (χ4v) is 1.85. The van der Waals surface area contributed by atoms with Crippen LogP contribution >= 0.6 is 0 Å². The Labute approximate surface area is 88.3 Å². The molecule has 1 aliphatic rings. The molecule has 78 valence electrons. The number of benzene rings is 1. The third kappa shape index (κ3) is 1.32. The van der Waals surface area contributed by atoms with Crippen LogP contribution in [0.3, 0.4) is 0 Å². The Morgan fingerprint density at radius 3 is 2.40 bits per heavy atom. The third-order valence-corrected chi connectivity index (χ3v) is 2.63. The molecule has 0 saturated carbocycles. The maximum absolute atomic E-state index is 11.8. The van der Waals surface area contributed by atoms with Crippen molar-refractivity contribution in [1.82, 2.24) is 0 Å². The van der Waals surface area contributed by atoms with Gasteiger partial charge in [0.2, 0.25) is 5.78 Å². The monoisotopic (exact) mass is 204 g/mol. The number of hydrogen-bond donors (Lipinski definition) is 0. The van der Waals surface area contributed by atoms with Gasteiger partial charge in [-0.15, -0.1) is 0 Å². The number of hydrogen-bond acceptors (Lipinski definition) is 3. The molecular weight excluding hydrogens is 192 g/mol. The molecule has 3 nitrogen and oxygen atoms in total. The molecule has 1 aliphatic carbocycles. The molecule has 0 atom stereocenters. The van der Waals surface area contributed by atoms with Crippen LogP contribution in [0.2, 0.25) is 0 Å². The first kappa shape index (κ1) is 10.1. The quantitative estimate of drug-likeness (QED) is 0.688. The van der Waals surface area contributed by atoms with E-state index < -0.39 is 5.79 Å². The third-order valence-electron chi connectivity index (χ3n) is 2.63. The Bertz CT molecular complexity index is 417. The molecule has 0 aliphatic heterocycles. The molecule has 0 fully saturated rings. The van der Waals surface area contributed by atoms with Gasteiger partial charge in [-0.05, 0) is 11.6 Å². The smallest absolute Gasteiger partial charge is 0.260 e. The van der Waals surface area contributed by atoms with Gasteiger partial charge in [-0.25, -0.2) is 0 Å². The molecule has 0 aromatic heterocycles. The maximum Gasteiger partial charge on any atom is 0.260 e. The Kier molecular flexibility index (Phi) is 2.42. The van der Waals surface area contributed by atoms with E-state index in [9.17, 15) is 4.79 Å². The van der Waals surface area contributed by atoms with Crippen LogP contribution < -0.4 is 0 Å². The second-order valence-electron chi connectivity index (χ2n) is 3.31. The number of ether oxygens (including phenoxy) is 2. The van der Waals surface area contributed by atoms with Gasteiger partial charge in [-0.2, -0.15) is 0 Å². The van der Waals surface area contributed by atoms with Crippen LogP contribution in [-0.2, 0) is 20.1 Å². The van der Waals surface area contributed by atoms with Crippen molar-refractivity contribution in [2.75, 3.05) is 14.2 Å². The Balaban J connectivity index is 2.65. The first-order valence-electron chi connectivity index (χ1n) is 4.67. The van der Waals surface area contributed by atoms with Gasteiger partial charge in [-0.3, -0.25) is 4.79 Å². The lowest BCUT2D eigenvalue weighted by Crippen LogP contribution is -2.40. The average molecular weight is 204 g/mol. The second kappa shape index (κ2) is 3.61. The molecule has 2 rings (SSSR count). The van der Waals surface area contributed by atoms with Gasteiger partial charge in [0.15, 0.2) is 0 Å². The van der Waals surface area contributed by atoms with E-state index in [4.69, 9.17) is 9.47 Å². The lowest BCUT2D eigenvalue weighted by atomic mass is 9.90. The zero-order valence-corrected chi connectivity index (χ0v) is 8.69. The molecule has 0 radical (unpaired) electrons. The summed E-state index contributed by atoms with van der Waals surface area (Å²) < 4.78 is 10.5. The number of fused-ring (bicyclic) bond motifs is 1. The number of rotatable bonds is 2. The van der Waals surface area contributed by atoms with Crippen LogP contribution in [0, 0.1) is 0 Å². The number of methoxy groups -OCH3 is 2. The Hall–Kier alpha value is -1.45. The van der Waals surface area contributed by atoms with Gasteiger partial charge in [0.1, 0.15) is 0 Å². The van der Waals surface area contributed by atoms with Gasteiger partial charge in [0.25, 0.3) is 5.79 Å². The van der Waals surface area contributed by atoms with Crippen LogP contribution in [0.4, 0.5) is 0 Å². The highest BCUT2D eigenvalue weighted by Crippen LogP contribution is 2.34. The molecule has 0 amide bonds. The van der Waals surface area contributed by atoms with Crippen molar-refractivity contribution >= 4 is 11.9 Å². The van der Waals surface area contributed by atoms with Crippen molar-refractivity contribution in [3.05, 3.63) is 41.5 Å². The summed E-state index contributed by atoms with van der Waals surface area (Å²) in [6, 6.07) is 7.53. The minimum atomic E-state index is -1.27. The molecule has 0 spiro atoms. The van der Waals surface area contributed by atoms with Gasteiger partial charge < -0.3 is 9.47 Å². The van der Waals surface area contributed by atoms with Gasteiger partial charge in [0.05, 0.1) is 0 Å². The summed E-state index contributed by atoms with van der Waals surface area (Å²) in [6.07, 6.45) is 3.25. The summed E-state index contributed by atoms with van der Waals surface area (Å²) in [6.45, 7) is 0. The fourth-order valence-electron chi connectivity index (χ4n) is 1.85. The zero-order chi connectivity index (χ0) is 10.9. The number of carbonyl (C=O) groups is 1. The molecule has 0 bridgehead atoms. The van der Waals surface area contributed by atoms with E-state index in [-0.39, 0.29) is 5.78 Å². The molecule has 0 N–H and O–H groups in total. The van der Waals surface area contributed by atoms with E-state index >= 15 is 0 Å². The Morgan fingerprint density at radius 1 is 1.07 bits per heavy atom. The summed E-state index contributed by atoms with van der Waals surface area (Å²) in [5.74, 6) is -1.46. The van der Waals surface area contributed by atoms with Crippen molar-refractivity contribution in [1.29, 1.82) is 0 Å². The summed E-state index contributed by atoms with van der Waals surface area (Å²) >= 11 is 0. The Morgan fingerprint density at radius 2 is 1.73 bits per heavy atom. The molecule has 0 unspecified atom stereocenters. The van der Waals surface area contributed by atoms with E-state index in [1.807, 2.05) is 24.3 Å². The molecule has 1 aromatic rings. The lowest BCUT2D eigenvalue weighted by molar-refractivity contribution is -0.209. The molecule has 0 heterocycles. The summed E-state index contributed by atoms with van der Waals surface area (Å²) in [5.41, 5.74) is 1.70. The van der Waals surface area contributed by atoms with E-state index in [1.165, 1.54) is 20.3 Å². The number of ketones is 1. The van der Waals surface area contributed by atoms with Gasteiger partial charge in [0, 0.05) is 19.8 Å². The van der Waals surface area contributed by atoms with E-state index in [0.29, 0.717) is 0 Å². The SMILES string of the molecule is COC1(OC)C(=O)C=Cc2ccccc21. The predicted molar refractivity (Wildman–Crippen MR) is 56.2 cm³/mol. The largest absolute Gasteiger partial charge is 0.343 e. The van der Waals surface area contributed by atoms with Crippen LogP contribution in [0.25, 0.3) is 6.08 Å². The second-order valence-corrected chi connectivity index (χ2v) is 3.31. The summed E-state index contributed by atoms with van der Waals surface area (Å²) in [4.78, 5) is 11.8. The zero-order valence-electron chi connectivity index (χ0n) is 8.69.